The van der Waals surface area contributed by atoms with Crippen LogP contribution >= 0.6 is 11.6 Å². The van der Waals surface area contributed by atoms with Gasteiger partial charge in [-0.25, -0.2) is 0 Å². The van der Waals surface area contributed by atoms with Crippen molar-refractivity contribution in [2.24, 2.45) is 5.92 Å². The molecule has 1 amide bonds. The molecule has 0 bridgehead atoms. The van der Waals surface area contributed by atoms with Crippen LogP contribution in [0.25, 0.3) is 0 Å². The molecule has 0 aliphatic heterocycles. The predicted molar refractivity (Wildman–Crippen MR) is 72.3 cm³/mol. The Morgan fingerprint density at radius 2 is 2.18 bits per heavy atom. The number of anilines is 1. The molecule has 0 heterocycles. The van der Waals surface area contributed by atoms with E-state index < -0.39 is 0 Å². The van der Waals surface area contributed by atoms with Crippen molar-refractivity contribution in [2.75, 3.05) is 12.3 Å². The minimum absolute atomic E-state index is 0.159. The molecule has 0 fully saturated rings. The molecule has 1 aromatic carbocycles. The number of nitrogens with two attached hydrogens (primary N) is 1. The van der Waals surface area contributed by atoms with E-state index in [1.807, 2.05) is 0 Å². The SMILES string of the molecule is CC(C)CCCNC(=O)c1cccc(Cl)c1N. The van der Waals surface area contributed by atoms with Crippen LogP contribution in [-0.2, 0) is 0 Å². The van der Waals surface area contributed by atoms with Crippen LogP contribution < -0.4 is 11.1 Å². The Morgan fingerprint density at radius 3 is 2.82 bits per heavy atom. The zero-order valence-corrected chi connectivity index (χ0v) is 11.1. The van der Waals surface area contributed by atoms with Crippen LogP contribution in [0.5, 0.6) is 0 Å². The molecule has 0 aliphatic carbocycles. The Balaban J connectivity index is 2.50. The van der Waals surface area contributed by atoms with Crippen LogP contribution in [0.2, 0.25) is 5.02 Å². The number of amides is 1. The van der Waals surface area contributed by atoms with Crippen LogP contribution in [0.15, 0.2) is 18.2 Å². The fourth-order valence-electron chi connectivity index (χ4n) is 1.54. The molecule has 3 nitrogen and oxygen atoms in total. The highest BCUT2D eigenvalue weighted by Crippen LogP contribution is 2.22. The zero-order chi connectivity index (χ0) is 12.8. The molecule has 0 spiro atoms. The average Bonchev–Trinajstić information content (AvgIpc) is 2.27. The first-order chi connectivity index (χ1) is 8.02. The van der Waals surface area contributed by atoms with E-state index in [0.29, 0.717) is 28.7 Å². The van der Waals surface area contributed by atoms with Gasteiger partial charge in [-0.2, -0.15) is 0 Å². The van der Waals surface area contributed by atoms with Crippen molar-refractivity contribution in [1.82, 2.24) is 5.32 Å². The number of carbonyl (C=O) groups excluding carboxylic acids is 1. The number of para-hydroxylation sites is 1. The van der Waals surface area contributed by atoms with Gasteiger partial charge in [-0.1, -0.05) is 31.5 Å². The summed E-state index contributed by atoms with van der Waals surface area (Å²) in [6, 6.07) is 5.08. The summed E-state index contributed by atoms with van der Waals surface area (Å²) in [5.74, 6) is 0.497. The fourth-order valence-corrected chi connectivity index (χ4v) is 1.72. The highest BCUT2D eigenvalue weighted by Gasteiger charge is 2.10. The zero-order valence-electron chi connectivity index (χ0n) is 10.3. The number of carbonyl (C=O) groups is 1. The van der Waals surface area contributed by atoms with Gasteiger partial charge >= 0.3 is 0 Å². The van der Waals surface area contributed by atoms with Crippen LogP contribution in [-0.4, -0.2) is 12.5 Å². The van der Waals surface area contributed by atoms with Crippen LogP contribution in [0, 0.1) is 5.92 Å². The first-order valence-electron chi connectivity index (χ1n) is 5.84. The second-order valence-electron chi connectivity index (χ2n) is 4.49. The molecule has 0 unspecified atom stereocenters. The van der Waals surface area contributed by atoms with Gasteiger partial charge in [-0.05, 0) is 30.9 Å². The second kappa shape index (κ2) is 6.50. The summed E-state index contributed by atoms with van der Waals surface area (Å²) in [5.41, 5.74) is 6.53. The molecule has 0 radical (unpaired) electrons. The lowest BCUT2D eigenvalue weighted by Gasteiger charge is -2.09. The van der Waals surface area contributed by atoms with Crippen molar-refractivity contribution >= 4 is 23.2 Å². The number of hydrogen-bond acceptors (Lipinski definition) is 2. The summed E-state index contributed by atoms with van der Waals surface area (Å²) < 4.78 is 0. The molecule has 17 heavy (non-hydrogen) atoms. The van der Waals surface area contributed by atoms with E-state index in [4.69, 9.17) is 17.3 Å². The van der Waals surface area contributed by atoms with Gasteiger partial charge in [0.1, 0.15) is 0 Å². The lowest BCUT2D eigenvalue weighted by Crippen LogP contribution is -2.25. The lowest BCUT2D eigenvalue weighted by molar-refractivity contribution is 0.0953. The summed E-state index contributed by atoms with van der Waals surface area (Å²) in [7, 11) is 0. The van der Waals surface area contributed by atoms with Crippen LogP contribution in [0.4, 0.5) is 5.69 Å². The van der Waals surface area contributed by atoms with Gasteiger partial charge in [0.05, 0.1) is 16.3 Å². The number of nitrogen functional groups attached to an aromatic ring is 1. The number of hydrogen-bond donors (Lipinski definition) is 2. The molecular formula is C13H19ClN2O. The maximum Gasteiger partial charge on any atom is 0.253 e. The van der Waals surface area contributed by atoms with E-state index in [1.165, 1.54) is 0 Å². The van der Waals surface area contributed by atoms with Crippen LogP contribution in [0.1, 0.15) is 37.0 Å². The molecular weight excluding hydrogens is 236 g/mol. The molecule has 0 aliphatic rings. The Morgan fingerprint density at radius 1 is 1.47 bits per heavy atom. The van der Waals surface area contributed by atoms with Crippen LogP contribution in [0.3, 0.4) is 0 Å². The third-order valence-electron chi connectivity index (χ3n) is 2.54. The van der Waals surface area contributed by atoms with E-state index in [2.05, 4.69) is 19.2 Å². The average molecular weight is 255 g/mol. The normalized spacial score (nSPS) is 10.6. The van der Waals surface area contributed by atoms with Gasteiger partial charge in [0, 0.05) is 6.54 Å². The van der Waals surface area contributed by atoms with Crippen molar-refractivity contribution in [3.63, 3.8) is 0 Å². The monoisotopic (exact) mass is 254 g/mol. The standard InChI is InChI=1S/C13H19ClN2O/c1-9(2)5-4-8-16-13(17)10-6-3-7-11(14)12(10)15/h3,6-7,9H,4-5,8,15H2,1-2H3,(H,16,17). The first-order valence-corrected chi connectivity index (χ1v) is 6.22. The highest BCUT2D eigenvalue weighted by molar-refractivity contribution is 6.33. The molecule has 3 N–H and O–H groups in total. The second-order valence-corrected chi connectivity index (χ2v) is 4.90. The molecule has 0 aromatic heterocycles. The number of halogens is 1. The van der Waals surface area contributed by atoms with Crippen molar-refractivity contribution in [1.29, 1.82) is 0 Å². The summed E-state index contributed by atoms with van der Waals surface area (Å²) in [5, 5.41) is 3.26. The maximum absolute atomic E-state index is 11.8. The van der Waals surface area contributed by atoms with E-state index in [1.54, 1.807) is 18.2 Å². The van der Waals surface area contributed by atoms with Gasteiger partial charge in [-0.3, -0.25) is 4.79 Å². The van der Waals surface area contributed by atoms with Gasteiger partial charge in [0.2, 0.25) is 0 Å². The van der Waals surface area contributed by atoms with Crippen molar-refractivity contribution in [2.45, 2.75) is 26.7 Å². The minimum Gasteiger partial charge on any atom is -0.397 e. The van der Waals surface area contributed by atoms with Crippen molar-refractivity contribution < 1.29 is 4.79 Å². The minimum atomic E-state index is -0.159. The summed E-state index contributed by atoms with van der Waals surface area (Å²) in [6.07, 6.45) is 2.08. The Kier molecular flexibility index (Phi) is 5.29. The molecule has 1 aromatic rings. The smallest absolute Gasteiger partial charge is 0.253 e. The van der Waals surface area contributed by atoms with Gasteiger partial charge in [0.25, 0.3) is 5.91 Å². The first kappa shape index (κ1) is 13.8. The number of rotatable bonds is 5. The Hall–Kier alpha value is -1.22. The van der Waals surface area contributed by atoms with E-state index in [9.17, 15) is 4.79 Å². The molecule has 0 saturated heterocycles. The topological polar surface area (TPSA) is 55.1 Å². The third-order valence-corrected chi connectivity index (χ3v) is 2.87. The van der Waals surface area contributed by atoms with Gasteiger partial charge < -0.3 is 11.1 Å². The summed E-state index contributed by atoms with van der Waals surface area (Å²) >= 11 is 5.86. The van der Waals surface area contributed by atoms with Crippen molar-refractivity contribution in [3.8, 4) is 0 Å². The predicted octanol–water partition coefficient (Wildman–Crippen LogP) is 3.09. The molecule has 0 atom stereocenters. The van der Waals surface area contributed by atoms with Crippen molar-refractivity contribution in [3.05, 3.63) is 28.8 Å². The molecule has 94 valence electrons. The largest absolute Gasteiger partial charge is 0.397 e. The number of nitrogens with one attached hydrogen (secondary N) is 1. The molecule has 1 rings (SSSR count). The Labute approximate surface area is 107 Å². The van der Waals surface area contributed by atoms with E-state index in [0.717, 1.165) is 12.8 Å². The summed E-state index contributed by atoms with van der Waals surface area (Å²) in [4.78, 5) is 11.8. The molecule has 0 saturated carbocycles. The van der Waals surface area contributed by atoms with Gasteiger partial charge in [0.15, 0.2) is 0 Å². The molecule has 4 heteroatoms. The Bertz CT molecular complexity index is 391. The fraction of sp³-hybridized carbons (Fsp3) is 0.462. The van der Waals surface area contributed by atoms with Gasteiger partial charge in [-0.15, -0.1) is 0 Å². The summed E-state index contributed by atoms with van der Waals surface area (Å²) in [6.45, 7) is 5.00. The van der Waals surface area contributed by atoms with E-state index >= 15 is 0 Å². The third kappa shape index (κ3) is 4.27. The maximum atomic E-state index is 11.8. The number of benzene rings is 1. The quantitative estimate of drug-likeness (QED) is 0.627. The van der Waals surface area contributed by atoms with E-state index in [-0.39, 0.29) is 5.91 Å². The lowest BCUT2D eigenvalue weighted by atomic mass is 10.1. The highest BCUT2D eigenvalue weighted by atomic mass is 35.5.